The van der Waals surface area contributed by atoms with E-state index in [1.54, 1.807) is 31.4 Å². The second kappa shape index (κ2) is 5.44. The molecule has 0 saturated heterocycles. The fourth-order valence-electron chi connectivity index (χ4n) is 2.21. The highest BCUT2D eigenvalue weighted by Crippen LogP contribution is 2.29. The summed E-state index contributed by atoms with van der Waals surface area (Å²) in [5, 5.41) is 10.7. The van der Waals surface area contributed by atoms with Crippen molar-refractivity contribution in [2.45, 2.75) is 0 Å². The Kier molecular flexibility index (Phi) is 3.47. The molecule has 0 saturated carbocycles. The number of hydrogen-bond donors (Lipinski definition) is 1. The van der Waals surface area contributed by atoms with E-state index < -0.39 is 5.78 Å². The first-order valence-electron chi connectivity index (χ1n) is 6.61. The predicted molar refractivity (Wildman–Crippen MR) is 80.9 cm³/mol. The lowest BCUT2D eigenvalue weighted by atomic mass is 10.1. The van der Waals surface area contributed by atoms with Crippen molar-refractivity contribution in [2.75, 3.05) is 14.2 Å². The molecule has 0 aliphatic rings. The van der Waals surface area contributed by atoms with Crippen molar-refractivity contribution in [2.24, 2.45) is 0 Å². The van der Waals surface area contributed by atoms with Crippen molar-refractivity contribution < 1.29 is 23.8 Å². The number of carbonyl (C=O) groups excluding carboxylic acids is 1. The normalized spacial score (nSPS) is 10.6. The van der Waals surface area contributed by atoms with Crippen LogP contribution >= 0.6 is 0 Å². The summed E-state index contributed by atoms with van der Waals surface area (Å²) in [5.41, 5.74) is 0.711. The van der Waals surface area contributed by atoms with E-state index in [1.165, 1.54) is 19.2 Å². The number of phenolic OH excluding ortho intramolecular Hbond substituents is 1. The van der Waals surface area contributed by atoms with Gasteiger partial charge in [0.25, 0.3) is 0 Å². The number of ketones is 1. The Morgan fingerprint density at radius 1 is 1.00 bits per heavy atom. The highest BCUT2D eigenvalue weighted by Gasteiger charge is 2.18. The third-order valence-corrected chi connectivity index (χ3v) is 3.40. The molecule has 5 heteroatoms. The Hall–Kier alpha value is -2.95. The molecule has 0 bridgehead atoms. The summed E-state index contributed by atoms with van der Waals surface area (Å²) in [6, 6.07) is 11.4. The lowest BCUT2D eigenvalue weighted by molar-refractivity contribution is 0.101. The Morgan fingerprint density at radius 2 is 1.68 bits per heavy atom. The quantitative estimate of drug-likeness (QED) is 0.748. The van der Waals surface area contributed by atoms with Crippen LogP contribution < -0.4 is 9.47 Å². The number of rotatable bonds is 4. The fourth-order valence-corrected chi connectivity index (χ4v) is 2.21. The molecule has 1 N–H and O–H groups in total. The molecule has 5 nitrogen and oxygen atoms in total. The van der Waals surface area contributed by atoms with Gasteiger partial charge in [-0.3, -0.25) is 4.79 Å². The minimum atomic E-state index is -0.393. The van der Waals surface area contributed by atoms with Gasteiger partial charge in [-0.25, -0.2) is 0 Å². The molecule has 0 fully saturated rings. The molecule has 0 atom stereocenters. The van der Waals surface area contributed by atoms with E-state index in [1.807, 2.05) is 6.07 Å². The molecule has 1 heterocycles. The summed E-state index contributed by atoms with van der Waals surface area (Å²) in [7, 11) is 3.05. The molecule has 0 aliphatic carbocycles. The number of carbonyl (C=O) groups is 1. The second-order valence-electron chi connectivity index (χ2n) is 4.73. The summed E-state index contributed by atoms with van der Waals surface area (Å²) in [5.74, 6) is 0.734. The molecule has 0 radical (unpaired) electrons. The van der Waals surface area contributed by atoms with Gasteiger partial charge in [0.15, 0.2) is 5.76 Å². The topological polar surface area (TPSA) is 68.9 Å². The molecule has 1 aromatic heterocycles. The van der Waals surface area contributed by atoms with Crippen LogP contribution in [0, 0.1) is 0 Å². The number of hydrogen-bond acceptors (Lipinski definition) is 5. The van der Waals surface area contributed by atoms with E-state index >= 15 is 0 Å². The molecular weight excluding hydrogens is 284 g/mol. The van der Waals surface area contributed by atoms with Gasteiger partial charge < -0.3 is 19.0 Å². The van der Waals surface area contributed by atoms with Crippen molar-refractivity contribution in [3.63, 3.8) is 0 Å². The number of phenols is 1. The van der Waals surface area contributed by atoms with Crippen LogP contribution in [0.5, 0.6) is 17.2 Å². The summed E-state index contributed by atoms with van der Waals surface area (Å²) >= 11 is 0. The summed E-state index contributed by atoms with van der Waals surface area (Å²) < 4.78 is 15.7. The van der Waals surface area contributed by atoms with Gasteiger partial charge in [-0.2, -0.15) is 0 Å². The largest absolute Gasteiger partial charge is 0.507 e. The average Bonchev–Trinajstić information content (AvgIpc) is 2.96. The second-order valence-corrected chi connectivity index (χ2v) is 4.73. The van der Waals surface area contributed by atoms with Crippen molar-refractivity contribution in [1.82, 2.24) is 0 Å². The lowest BCUT2D eigenvalue weighted by Crippen LogP contribution is -2.00. The van der Waals surface area contributed by atoms with Gasteiger partial charge in [0.1, 0.15) is 22.8 Å². The third kappa shape index (κ3) is 2.37. The monoisotopic (exact) mass is 298 g/mol. The van der Waals surface area contributed by atoms with Crippen molar-refractivity contribution in [3.8, 4) is 17.2 Å². The Labute approximate surface area is 126 Å². The standard InChI is InChI=1S/C17H14O5/c1-20-11-5-6-13(14(18)8-11)17(19)16-7-10-3-4-12(21-2)9-15(10)22-16/h3-9,18H,1-2H3. The number of methoxy groups -OCH3 is 2. The SMILES string of the molecule is COc1ccc(C(=O)c2cc3ccc(OC)cc3o2)c(O)c1. The van der Waals surface area contributed by atoms with Crippen molar-refractivity contribution in [1.29, 1.82) is 0 Å². The van der Waals surface area contributed by atoms with Gasteiger partial charge in [-0.1, -0.05) is 0 Å². The fraction of sp³-hybridized carbons (Fsp3) is 0.118. The molecule has 3 rings (SSSR count). The maximum Gasteiger partial charge on any atom is 0.231 e. The Morgan fingerprint density at radius 3 is 2.36 bits per heavy atom. The summed E-state index contributed by atoms with van der Waals surface area (Å²) in [6.07, 6.45) is 0. The number of furan rings is 1. The number of benzene rings is 2. The van der Waals surface area contributed by atoms with Crippen LogP contribution in [-0.4, -0.2) is 25.1 Å². The molecule has 112 valence electrons. The third-order valence-electron chi connectivity index (χ3n) is 3.40. The van der Waals surface area contributed by atoms with Crippen LogP contribution in [0.2, 0.25) is 0 Å². The first-order chi connectivity index (χ1) is 10.6. The van der Waals surface area contributed by atoms with Crippen LogP contribution in [0.3, 0.4) is 0 Å². The van der Waals surface area contributed by atoms with Gasteiger partial charge >= 0.3 is 0 Å². The van der Waals surface area contributed by atoms with Gasteiger partial charge in [0, 0.05) is 17.5 Å². The van der Waals surface area contributed by atoms with Crippen LogP contribution in [0.15, 0.2) is 46.9 Å². The van der Waals surface area contributed by atoms with Gasteiger partial charge in [-0.15, -0.1) is 0 Å². The Balaban J connectivity index is 2.01. The first-order valence-corrected chi connectivity index (χ1v) is 6.61. The molecule has 0 spiro atoms. The van der Waals surface area contributed by atoms with Gasteiger partial charge in [0.2, 0.25) is 5.78 Å². The van der Waals surface area contributed by atoms with E-state index in [0.717, 1.165) is 5.39 Å². The molecule has 3 aromatic rings. The zero-order valence-electron chi connectivity index (χ0n) is 12.1. The zero-order valence-corrected chi connectivity index (χ0v) is 12.1. The molecule has 0 amide bonds. The minimum absolute atomic E-state index is 0.151. The van der Waals surface area contributed by atoms with E-state index in [-0.39, 0.29) is 17.1 Å². The van der Waals surface area contributed by atoms with Crippen LogP contribution in [0.4, 0.5) is 0 Å². The maximum atomic E-state index is 12.5. The molecule has 0 aliphatic heterocycles. The summed E-state index contributed by atoms with van der Waals surface area (Å²) in [6.45, 7) is 0. The van der Waals surface area contributed by atoms with E-state index in [4.69, 9.17) is 13.9 Å². The van der Waals surface area contributed by atoms with Crippen LogP contribution in [0.1, 0.15) is 16.1 Å². The number of ether oxygens (including phenoxy) is 2. The van der Waals surface area contributed by atoms with Crippen LogP contribution in [0.25, 0.3) is 11.0 Å². The molecule has 0 unspecified atom stereocenters. The maximum absolute atomic E-state index is 12.5. The first kappa shape index (κ1) is 14.0. The number of fused-ring (bicyclic) bond motifs is 1. The highest BCUT2D eigenvalue weighted by atomic mass is 16.5. The van der Waals surface area contributed by atoms with Gasteiger partial charge in [0.05, 0.1) is 19.8 Å². The highest BCUT2D eigenvalue weighted by molar-refractivity contribution is 6.10. The van der Waals surface area contributed by atoms with E-state index in [9.17, 15) is 9.90 Å². The lowest BCUT2D eigenvalue weighted by Gasteiger charge is -2.04. The number of aromatic hydroxyl groups is 1. The Bertz CT molecular complexity index is 847. The predicted octanol–water partition coefficient (Wildman–Crippen LogP) is 3.39. The molecular formula is C17H14O5. The van der Waals surface area contributed by atoms with Gasteiger partial charge in [-0.05, 0) is 30.3 Å². The smallest absolute Gasteiger partial charge is 0.231 e. The minimum Gasteiger partial charge on any atom is -0.507 e. The van der Waals surface area contributed by atoms with Crippen molar-refractivity contribution in [3.05, 3.63) is 53.8 Å². The molecule has 22 heavy (non-hydrogen) atoms. The van der Waals surface area contributed by atoms with E-state index in [0.29, 0.717) is 17.1 Å². The zero-order chi connectivity index (χ0) is 15.7. The average molecular weight is 298 g/mol. The summed E-state index contributed by atoms with van der Waals surface area (Å²) in [4.78, 5) is 12.5. The van der Waals surface area contributed by atoms with Crippen molar-refractivity contribution >= 4 is 16.8 Å². The van der Waals surface area contributed by atoms with E-state index in [2.05, 4.69) is 0 Å². The van der Waals surface area contributed by atoms with Crippen LogP contribution in [-0.2, 0) is 0 Å². The molecule has 2 aromatic carbocycles.